The molecule has 0 aliphatic heterocycles. The van der Waals surface area contributed by atoms with Crippen molar-refractivity contribution < 1.29 is 4.79 Å². The van der Waals surface area contributed by atoms with Crippen LogP contribution < -0.4 is 0 Å². The first kappa shape index (κ1) is 9.34. The minimum absolute atomic E-state index is 0.0653. The average molecular weight is 250 g/mol. The molecule has 3 heteroatoms. The third kappa shape index (κ3) is 1.44. The molecule has 70 valence electrons. The second kappa shape index (κ2) is 3.50. The first-order chi connectivity index (χ1) is 6.70. The van der Waals surface area contributed by atoms with E-state index >= 15 is 0 Å². The standard InChI is InChI=1S/C11H8BrNO/c1-7(14)8-2-3-11(12)9-4-5-13-6-10(8)9/h2-6H,1H3. The second-order valence-electron chi connectivity index (χ2n) is 3.07. The van der Waals surface area contributed by atoms with Crippen LogP contribution in [0.1, 0.15) is 17.3 Å². The van der Waals surface area contributed by atoms with Gasteiger partial charge in [-0.2, -0.15) is 0 Å². The molecule has 1 heterocycles. The van der Waals surface area contributed by atoms with E-state index in [0.717, 1.165) is 20.8 Å². The Labute approximate surface area is 90.1 Å². The first-order valence-corrected chi connectivity index (χ1v) is 5.02. The van der Waals surface area contributed by atoms with Gasteiger partial charge < -0.3 is 0 Å². The molecule has 0 spiro atoms. The fraction of sp³-hybridized carbons (Fsp3) is 0.0909. The van der Waals surface area contributed by atoms with E-state index in [1.807, 2.05) is 18.2 Å². The van der Waals surface area contributed by atoms with Gasteiger partial charge >= 0.3 is 0 Å². The topological polar surface area (TPSA) is 30.0 Å². The summed E-state index contributed by atoms with van der Waals surface area (Å²) in [4.78, 5) is 15.4. The Kier molecular flexibility index (Phi) is 2.33. The number of carbonyl (C=O) groups excluding carboxylic acids is 1. The maximum absolute atomic E-state index is 11.3. The summed E-state index contributed by atoms with van der Waals surface area (Å²) in [5, 5.41) is 1.92. The molecule has 0 fully saturated rings. The SMILES string of the molecule is CC(=O)c1ccc(Br)c2ccncc12. The summed E-state index contributed by atoms with van der Waals surface area (Å²) in [7, 11) is 0. The van der Waals surface area contributed by atoms with Crippen molar-refractivity contribution in [2.24, 2.45) is 0 Å². The summed E-state index contributed by atoms with van der Waals surface area (Å²) in [5.41, 5.74) is 0.719. The van der Waals surface area contributed by atoms with Crippen molar-refractivity contribution in [3.63, 3.8) is 0 Å². The molecule has 2 rings (SSSR count). The zero-order chi connectivity index (χ0) is 10.1. The lowest BCUT2D eigenvalue weighted by Gasteiger charge is -2.03. The van der Waals surface area contributed by atoms with Crippen LogP contribution in [0.25, 0.3) is 10.8 Å². The van der Waals surface area contributed by atoms with Gasteiger partial charge in [-0.05, 0) is 30.5 Å². The van der Waals surface area contributed by atoms with Gasteiger partial charge in [0.15, 0.2) is 5.78 Å². The van der Waals surface area contributed by atoms with Gasteiger partial charge in [0.05, 0.1) is 0 Å². The number of hydrogen-bond acceptors (Lipinski definition) is 2. The van der Waals surface area contributed by atoms with Crippen LogP contribution in [0.5, 0.6) is 0 Å². The van der Waals surface area contributed by atoms with Crippen LogP contribution in [0.4, 0.5) is 0 Å². The molecular weight excluding hydrogens is 242 g/mol. The van der Waals surface area contributed by atoms with Gasteiger partial charge in [-0.25, -0.2) is 0 Å². The van der Waals surface area contributed by atoms with E-state index in [-0.39, 0.29) is 5.78 Å². The van der Waals surface area contributed by atoms with Gasteiger partial charge in [-0.3, -0.25) is 9.78 Å². The van der Waals surface area contributed by atoms with Crippen molar-refractivity contribution in [1.29, 1.82) is 0 Å². The predicted molar refractivity (Wildman–Crippen MR) is 59.4 cm³/mol. The molecule has 1 aromatic carbocycles. The number of nitrogens with zero attached hydrogens (tertiary/aromatic N) is 1. The number of Topliss-reactive ketones (excluding diaryl/α,β-unsaturated/α-hetero) is 1. The van der Waals surface area contributed by atoms with E-state index in [4.69, 9.17) is 0 Å². The lowest BCUT2D eigenvalue weighted by atomic mass is 10.0. The number of benzene rings is 1. The molecule has 0 unspecified atom stereocenters. The minimum atomic E-state index is 0.0653. The van der Waals surface area contributed by atoms with E-state index in [0.29, 0.717) is 0 Å². The maximum Gasteiger partial charge on any atom is 0.160 e. The number of halogens is 1. The highest BCUT2D eigenvalue weighted by atomic mass is 79.9. The van der Waals surface area contributed by atoms with Gasteiger partial charge in [0, 0.05) is 27.8 Å². The minimum Gasteiger partial charge on any atom is -0.294 e. The lowest BCUT2D eigenvalue weighted by Crippen LogP contribution is -1.94. The van der Waals surface area contributed by atoms with Crippen LogP contribution in [0.3, 0.4) is 0 Å². The molecule has 0 saturated heterocycles. The molecule has 0 aliphatic rings. The van der Waals surface area contributed by atoms with Crippen molar-refractivity contribution >= 4 is 32.5 Å². The molecule has 0 atom stereocenters. The van der Waals surface area contributed by atoms with Crippen LogP contribution in [-0.4, -0.2) is 10.8 Å². The first-order valence-electron chi connectivity index (χ1n) is 4.23. The highest BCUT2D eigenvalue weighted by molar-refractivity contribution is 9.10. The van der Waals surface area contributed by atoms with E-state index in [2.05, 4.69) is 20.9 Å². The van der Waals surface area contributed by atoms with Gasteiger partial charge in [0.1, 0.15) is 0 Å². The molecule has 2 aromatic rings. The second-order valence-corrected chi connectivity index (χ2v) is 3.93. The van der Waals surface area contributed by atoms with Crippen LogP contribution in [0.15, 0.2) is 35.1 Å². The van der Waals surface area contributed by atoms with E-state index in [9.17, 15) is 4.79 Å². The van der Waals surface area contributed by atoms with Gasteiger partial charge in [0.25, 0.3) is 0 Å². The summed E-state index contributed by atoms with van der Waals surface area (Å²) in [5.74, 6) is 0.0653. The fourth-order valence-corrected chi connectivity index (χ4v) is 1.94. The highest BCUT2D eigenvalue weighted by Crippen LogP contribution is 2.26. The van der Waals surface area contributed by atoms with E-state index < -0.39 is 0 Å². The summed E-state index contributed by atoms with van der Waals surface area (Å²) in [6.45, 7) is 1.57. The van der Waals surface area contributed by atoms with Gasteiger partial charge in [-0.1, -0.05) is 15.9 Å². The van der Waals surface area contributed by atoms with Crippen molar-refractivity contribution in [3.05, 3.63) is 40.6 Å². The van der Waals surface area contributed by atoms with Crippen molar-refractivity contribution in [3.8, 4) is 0 Å². The Bertz CT molecular complexity index is 508. The number of rotatable bonds is 1. The summed E-state index contributed by atoms with van der Waals surface area (Å²) >= 11 is 3.44. The third-order valence-electron chi connectivity index (χ3n) is 2.14. The average Bonchev–Trinajstić information content (AvgIpc) is 2.18. The lowest BCUT2D eigenvalue weighted by molar-refractivity contribution is 0.101. The molecule has 0 bridgehead atoms. The van der Waals surface area contributed by atoms with Crippen molar-refractivity contribution in [2.75, 3.05) is 0 Å². The molecular formula is C11H8BrNO. The molecule has 14 heavy (non-hydrogen) atoms. The number of pyridine rings is 1. The number of ketones is 1. The number of aromatic nitrogens is 1. The Hall–Kier alpha value is -1.22. The zero-order valence-corrected chi connectivity index (χ0v) is 9.21. The zero-order valence-electron chi connectivity index (χ0n) is 7.62. The van der Waals surface area contributed by atoms with E-state index in [1.165, 1.54) is 0 Å². The molecule has 0 amide bonds. The number of fused-ring (bicyclic) bond motifs is 1. The molecule has 1 aromatic heterocycles. The van der Waals surface area contributed by atoms with Gasteiger partial charge in [-0.15, -0.1) is 0 Å². The summed E-state index contributed by atoms with van der Waals surface area (Å²) in [6, 6.07) is 5.60. The van der Waals surface area contributed by atoms with Crippen molar-refractivity contribution in [2.45, 2.75) is 6.92 Å². The van der Waals surface area contributed by atoms with Crippen molar-refractivity contribution in [1.82, 2.24) is 4.98 Å². The molecule has 0 radical (unpaired) electrons. The van der Waals surface area contributed by atoms with Crippen LogP contribution in [0, 0.1) is 0 Å². The van der Waals surface area contributed by atoms with Crippen LogP contribution >= 0.6 is 15.9 Å². The quantitative estimate of drug-likeness (QED) is 0.727. The Morgan fingerprint density at radius 3 is 2.79 bits per heavy atom. The number of carbonyl (C=O) groups is 1. The normalized spacial score (nSPS) is 10.4. The molecule has 0 aliphatic carbocycles. The molecule has 0 N–H and O–H groups in total. The Morgan fingerprint density at radius 1 is 1.29 bits per heavy atom. The smallest absolute Gasteiger partial charge is 0.160 e. The van der Waals surface area contributed by atoms with Gasteiger partial charge in [0.2, 0.25) is 0 Å². The third-order valence-corrected chi connectivity index (χ3v) is 2.84. The predicted octanol–water partition coefficient (Wildman–Crippen LogP) is 3.20. The largest absolute Gasteiger partial charge is 0.294 e. The Balaban J connectivity index is 2.88. The highest BCUT2D eigenvalue weighted by Gasteiger charge is 2.07. The van der Waals surface area contributed by atoms with Crippen LogP contribution in [-0.2, 0) is 0 Å². The monoisotopic (exact) mass is 249 g/mol. The maximum atomic E-state index is 11.3. The van der Waals surface area contributed by atoms with E-state index in [1.54, 1.807) is 19.3 Å². The Morgan fingerprint density at radius 2 is 2.07 bits per heavy atom. The fourth-order valence-electron chi connectivity index (χ4n) is 1.46. The molecule has 0 saturated carbocycles. The summed E-state index contributed by atoms with van der Waals surface area (Å²) in [6.07, 6.45) is 3.44. The number of hydrogen-bond donors (Lipinski definition) is 0. The molecule has 2 nitrogen and oxygen atoms in total. The van der Waals surface area contributed by atoms with Crippen LogP contribution in [0.2, 0.25) is 0 Å². The summed E-state index contributed by atoms with van der Waals surface area (Å²) < 4.78 is 0.986.